The lowest BCUT2D eigenvalue weighted by Crippen LogP contribution is -2.28. The molecule has 0 atom stereocenters. The van der Waals surface area contributed by atoms with Crippen LogP contribution in [0.15, 0.2) is 53.1 Å². The van der Waals surface area contributed by atoms with E-state index >= 15 is 0 Å². The molecule has 33 heavy (non-hydrogen) atoms. The van der Waals surface area contributed by atoms with Gasteiger partial charge >= 0.3 is 0 Å². The number of aryl methyl sites for hydroxylation is 2. The lowest BCUT2D eigenvalue weighted by Gasteiger charge is -2.17. The summed E-state index contributed by atoms with van der Waals surface area (Å²) in [4.78, 5) is 14.6. The van der Waals surface area contributed by atoms with Crippen molar-refractivity contribution in [3.63, 3.8) is 0 Å². The van der Waals surface area contributed by atoms with E-state index in [-0.39, 0.29) is 39.3 Å². The first-order valence-corrected chi connectivity index (χ1v) is 10.7. The van der Waals surface area contributed by atoms with Gasteiger partial charge in [-0.1, -0.05) is 35.0 Å². The minimum Gasteiger partial charge on any atom is -0.360 e. The number of aromatic amines is 1. The largest absolute Gasteiger partial charge is 0.360 e. The van der Waals surface area contributed by atoms with Crippen molar-refractivity contribution in [3.8, 4) is 22.5 Å². The number of hydrogen-bond donors (Lipinski definition) is 1. The number of rotatable bonds is 7. The molecule has 2 heterocycles. The number of aromatic nitrogens is 3. The lowest BCUT2D eigenvalue weighted by atomic mass is 10.0. The van der Waals surface area contributed by atoms with Gasteiger partial charge in [-0.3, -0.25) is 9.89 Å². The molecule has 6 nitrogen and oxygen atoms in total. The van der Waals surface area contributed by atoms with Crippen LogP contribution < -0.4 is 0 Å². The van der Waals surface area contributed by atoms with Crippen LogP contribution in [0.4, 0.5) is 8.78 Å². The summed E-state index contributed by atoms with van der Waals surface area (Å²) in [5.74, 6) is -0.958. The smallest absolute Gasteiger partial charge is 0.259 e. The van der Waals surface area contributed by atoms with Gasteiger partial charge in [0.2, 0.25) is 0 Å². The molecular formula is C24H21ClF2N4O2. The predicted octanol–water partition coefficient (Wildman–Crippen LogP) is 5.68. The van der Waals surface area contributed by atoms with Crippen molar-refractivity contribution >= 4 is 17.5 Å². The highest BCUT2D eigenvalue weighted by molar-refractivity contribution is 6.33. The third-order valence-electron chi connectivity index (χ3n) is 5.31. The first kappa shape index (κ1) is 22.7. The molecule has 170 valence electrons. The molecule has 2 aromatic carbocycles. The first-order chi connectivity index (χ1) is 15.8. The van der Waals surface area contributed by atoms with Crippen LogP contribution in [0.2, 0.25) is 5.02 Å². The zero-order chi connectivity index (χ0) is 23.5. The number of hydrogen-bond acceptors (Lipinski definition) is 4. The van der Waals surface area contributed by atoms with E-state index < -0.39 is 5.82 Å². The Hall–Kier alpha value is -3.52. The minimum atomic E-state index is -0.583. The molecule has 9 heteroatoms. The standard InChI is InChI=1S/C24H21ClF2N4O2/c1-14-21(23(30-33-14)22-18(25)9-4-10-19(22)27)24(32)31(2)11-5-8-17-13-20(29-28-17)15-6-3-7-16(26)12-15/h3-4,6-7,9-10,12-13H,5,8,11H2,1-2H3,(H,28,29). The quantitative estimate of drug-likeness (QED) is 0.377. The van der Waals surface area contributed by atoms with E-state index in [0.29, 0.717) is 30.6 Å². The first-order valence-electron chi connectivity index (χ1n) is 10.3. The number of H-pyrrole nitrogens is 1. The van der Waals surface area contributed by atoms with E-state index in [0.717, 1.165) is 5.69 Å². The summed E-state index contributed by atoms with van der Waals surface area (Å²) >= 11 is 6.16. The molecule has 0 bridgehead atoms. The van der Waals surface area contributed by atoms with E-state index in [1.54, 1.807) is 26.1 Å². The molecule has 0 aliphatic carbocycles. The summed E-state index contributed by atoms with van der Waals surface area (Å²) in [6, 6.07) is 12.4. The van der Waals surface area contributed by atoms with Gasteiger partial charge in [0.05, 0.1) is 16.3 Å². The molecular weight excluding hydrogens is 450 g/mol. The fraction of sp³-hybridized carbons (Fsp3) is 0.208. The van der Waals surface area contributed by atoms with Crippen molar-refractivity contribution < 1.29 is 18.1 Å². The lowest BCUT2D eigenvalue weighted by molar-refractivity contribution is 0.0792. The molecule has 0 radical (unpaired) electrons. The summed E-state index contributed by atoms with van der Waals surface area (Å²) in [5, 5.41) is 11.2. The molecule has 1 amide bonds. The number of halogens is 3. The fourth-order valence-electron chi connectivity index (χ4n) is 3.60. The zero-order valence-electron chi connectivity index (χ0n) is 18.0. The molecule has 0 saturated carbocycles. The fourth-order valence-corrected chi connectivity index (χ4v) is 3.86. The number of nitrogens with zero attached hydrogens (tertiary/aromatic N) is 3. The highest BCUT2D eigenvalue weighted by atomic mass is 35.5. The zero-order valence-corrected chi connectivity index (χ0v) is 18.8. The molecule has 1 N–H and O–H groups in total. The second kappa shape index (κ2) is 9.54. The second-order valence-corrected chi connectivity index (χ2v) is 8.09. The third kappa shape index (κ3) is 4.80. The normalized spacial score (nSPS) is 11.1. The minimum absolute atomic E-state index is 0.0371. The Kier molecular flexibility index (Phi) is 6.55. The number of benzene rings is 2. The Labute approximate surface area is 194 Å². The second-order valence-electron chi connectivity index (χ2n) is 7.68. The van der Waals surface area contributed by atoms with E-state index in [9.17, 15) is 13.6 Å². The van der Waals surface area contributed by atoms with Crippen molar-refractivity contribution in [1.82, 2.24) is 20.3 Å². The van der Waals surface area contributed by atoms with Crippen LogP contribution in [-0.2, 0) is 6.42 Å². The highest BCUT2D eigenvalue weighted by Gasteiger charge is 2.27. The number of carbonyl (C=O) groups is 1. The van der Waals surface area contributed by atoms with Gasteiger partial charge in [-0.15, -0.1) is 0 Å². The van der Waals surface area contributed by atoms with Crippen molar-refractivity contribution in [2.45, 2.75) is 19.8 Å². The maximum Gasteiger partial charge on any atom is 0.259 e. The highest BCUT2D eigenvalue weighted by Crippen LogP contribution is 2.34. The van der Waals surface area contributed by atoms with E-state index in [2.05, 4.69) is 15.4 Å². The summed E-state index contributed by atoms with van der Waals surface area (Å²) in [7, 11) is 1.66. The summed E-state index contributed by atoms with van der Waals surface area (Å²) in [6.07, 6.45) is 1.28. The molecule has 2 aromatic heterocycles. The Morgan fingerprint density at radius 1 is 1.18 bits per heavy atom. The topological polar surface area (TPSA) is 75.0 Å². The average Bonchev–Trinajstić information content (AvgIpc) is 3.40. The molecule has 0 fully saturated rings. The van der Waals surface area contributed by atoms with Gasteiger partial charge in [-0.25, -0.2) is 8.78 Å². The Morgan fingerprint density at radius 2 is 1.97 bits per heavy atom. The van der Waals surface area contributed by atoms with E-state index in [1.165, 1.54) is 35.2 Å². The van der Waals surface area contributed by atoms with Gasteiger partial charge in [-0.2, -0.15) is 5.10 Å². The van der Waals surface area contributed by atoms with Gasteiger partial charge in [0.15, 0.2) is 0 Å². The van der Waals surface area contributed by atoms with Crippen LogP contribution in [0, 0.1) is 18.6 Å². The van der Waals surface area contributed by atoms with Crippen LogP contribution in [0.5, 0.6) is 0 Å². The van der Waals surface area contributed by atoms with Crippen LogP contribution in [-0.4, -0.2) is 39.8 Å². The van der Waals surface area contributed by atoms with E-state index in [4.69, 9.17) is 16.1 Å². The average molecular weight is 471 g/mol. The number of carbonyl (C=O) groups excluding carboxylic acids is 1. The number of amides is 1. The molecule has 4 aromatic rings. The Morgan fingerprint density at radius 3 is 2.73 bits per heavy atom. The summed E-state index contributed by atoms with van der Waals surface area (Å²) < 4.78 is 33.0. The Bertz CT molecular complexity index is 1280. The maximum atomic E-state index is 14.4. The van der Waals surface area contributed by atoms with Crippen molar-refractivity contribution in [1.29, 1.82) is 0 Å². The van der Waals surface area contributed by atoms with Crippen LogP contribution >= 0.6 is 11.6 Å². The molecule has 0 saturated heterocycles. The number of nitrogens with one attached hydrogen (secondary N) is 1. The van der Waals surface area contributed by atoms with E-state index in [1.807, 2.05) is 6.07 Å². The van der Waals surface area contributed by atoms with Crippen LogP contribution in [0.25, 0.3) is 22.5 Å². The Balaban J connectivity index is 1.43. The van der Waals surface area contributed by atoms with Crippen LogP contribution in [0.1, 0.15) is 28.2 Å². The summed E-state index contributed by atoms with van der Waals surface area (Å²) in [6.45, 7) is 2.03. The van der Waals surface area contributed by atoms with Crippen LogP contribution in [0.3, 0.4) is 0 Å². The van der Waals surface area contributed by atoms with Gasteiger partial charge < -0.3 is 9.42 Å². The summed E-state index contributed by atoms with van der Waals surface area (Å²) in [5.41, 5.74) is 2.51. The van der Waals surface area contributed by atoms with Crippen molar-refractivity contribution in [2.24, 2.45) is 0 Å². The molecule has 0 aliphatic heterocycles. The monoisotopic (exact) mass is 470 g/mol. The van der Waals surface area contributed by atoms with Gasteiger partial charge in [0, 0.05) is 24.8 Å². The maximum absolute atomic E-state index is 14.4. The predicted molar refractivity (Wildman–Crippen MR) is 121 cm³/mol. The van der Waals surface area contributed by atoms with Gasteiger partial charge in [0.1, 0.15) is 28.7 Å². The van der Waals surface area contributed by atoms with Crippen molar-refractivity contribution in [2.75, 3.05) is 13.6 Å². The molecule has 0 aliphatic rings. The third-order valence-corrected chi connectivity index (χ3v) is 5.63. The SMILES string of the molecule is Cc1onc(-c2c(F)cccc2Cl)c1C(=O)N(C)CCCc1cc(-c2cccc(F)c2)n[nH]1. The van der Waals surface area contributed by atoms with Crippen molar-refractivity contribution in [3.05, 3.63) is 82.2 Å². The van der Waals surface area contributed by atoms with Gasteiger partial charge in [0.25, 0.3) is 5.91 Å². The molecule has 0 unspecified atom stereocenters. The van der Waals surface area contributed by atoms with Gasteiger partial charge in [-0.05, 0) is 50.1 Å². The molecule has 0 spiro atoms. The molecule has 4 rings (SSSR count).